The zero-order chi connectivity index (χ0) is 20.9. The van der Waals surface area contributed by atoms with Crippen molar-refractivity contribution < 1.29 is 9.26 Å². The summed E-state index contributed by atoms with van der Waals surface area (Å²) in [5.74, 6) is 3.62. The van der Waals surface area contributed by atoms with Crippen LogP contribution in [-0.2, 0) is 18.5 Å². The van der Waals surface area contributed by atoms with Crippen LogP contribution in [0.15, 0.2) is 27.7 Å². The monoisotopic (exact) mass is 527 g/mol. The Hall–Kier alpha value is -1.84. The van der Waals surface area contributed by atoms with Gasteiger partial charge in [-0.15, -0.1) is 24.0 Å². The maximum atomic E-state index is 6.06. The summed E-state index contributed by atoms with van der Waals surface area (Å²) in [4.78, 5) is 9.18. The summed E-state index contributed by atoms with van der Waals surface area (Å²) in [6, 6.07) is 6.29. The highest BCUT2D eigenvalue weighted by atomic mass is 127. The van der Waals surface area contributed by atoms with E-state index in [1.54, 1.807) is 0 Å². The van der Waals surface area contributed by atoms with E-state index < -0.39 is 0 Å². The first-order valence-corrected chi connectivity index (χ1v) is 10.4. The summed E-state index contributed by atoms with van der Waals surface area (Å²) >= 11 is 0. The number of benzene rings is 1. The highest BCUT2D eigenvalue weighted by Crippen LogP contribution is 2.31. The van der Waals surface area contributed by atoms with Gasteiger partial charge in [-0.2, -0.15) is 4.98 Å². The smallest absolute Gasteiger partial charge is 0.232 e. The third-order valence-electron chi connectivity index (χ3n) is 4.67. The van der Waals surface area contributed by atoms with Gasteiger partial charge >= 0.3 is 0 Å². The lowest BCUT2D eigenvalue weighted by Gasteiger charge is -2.13. The first kappa shape index (κ1) is 24.4. The van der Waals surface area contributed by atoms with Crippen LogP contribution in [0.3, 0.4) is 0 Å². The minimum absolute atomic E-state index is 0. The second-order valence-electron chi connectivity index (χ2n) is 8.68. The van der Waals surface area contributed by atoms with E-state index in [2.05, 4.69) is 45.9 Å². The van der Waals surface area contributed by atoms with Crippen LogP contribution in [0.25, 0.3) is 0 Å². The Kier molecular flexibility index (Phi) is 8.93. The highest BCUT2D eigenvalue weighted by molar-refractivity contribution is 14.0. The van der Waals surface area contributed by atoms with E-state index in [0.29, 0.717) is 30.8 Å². The lowest BCUT2D eigenvalue weighted by Crippen LogP contribution is -2.37. The summed E-state index contributed by atoms with van der Waals surface area (Å²) in [6.45, 7) is 12.8. The number of guanidine groups is 1. The molecule has 0 atom stereocenters. The van der Waals surface area contributed by atoms with Crippen molar-refractivity contribution >= 4 is 29.9 Å². The molecule has 1 fully saturated rings. The molecule has 1 aliphatic rings. The number of nitrogens with zero attached hydrogens (tertiary/aromatic N) is 3. The fraction of sp³-hybridized carbons (Fsp3) is 0.591. The van der Waals surface area contributed by atoms with Crippen LogP contribution < -0.4 is 15.4 Å². The number of rotatable bonds is 8. The topological polar surface area (TPSA) is 84.6 Å². The van der Waals surface area contributed by atoms with E-state index in [4.69, 9.17) is 14.3 Å². The number of ether oxygens (including phenoxy) is 1. The summed E-state index contributed by atoms with van der Waals surface area (Å²) in [5.41, 5.74) is 2.12. The molecule has 3 rings (SSSR count). The average molecular weight is 527 g/mol. The zero-order valence-electron chi connectivity index (χ0n) is 18.6. The molecule has 0 amide bonds. The predicted octanol–water partition coefficient (Wildman–Crippen LogP) is 4.34. The van der Waals surface area contributed by atoms with Gasteiger partial charge in [-0.1, -0.05) is 38.1 Å². The number of aryl methyl sites for hydroxylation is 1. The van der Waals surface area contributed by atoms with Crippen LogP contribution in [0.5, 0.6) is 5.75 Å². The Labute approximate surface area is 196 Å². The van der Waals surface area contributed by atoms with E-state index in [1.165, 1.54) is 18.4 Å². The van der Waals surface area contributed by atoms with Crippen molar-refractivity contribution in [1.29, 1.82) is 0 Å². The van der Waals surface area contributed by atoms with Gasteiger partial charge in [0.25, 0.3) is 0 Å². The Balaban J connectivity index is 0.00000320. The van der Waals surface area contributed by atoms with E-state index in [1.807, 2.05) is 27.7 Å². The van der Waals surface area contributed by atoms with Gasteiger partial charge in [0, 0.05) is 17.5 Å². The van der Waals surface area contributed by atoms with Crippen LogP contribution in [-0.4, -0.2) is 29.3 Å². The number of nitrogens with one attached hydrogen (secondary N) is 2. The highest BCUT2D eigenvalue weighted by Gasteiger charge is 2.23. The first-order valence-electron chi connectivity index (χ1n) is 10.4. The Morgan fingerprint density at radius 1 is 1.27 bits per heavy atom. The van der Waals surface area contributed by atoms with Gasteiger partial charge in [-0.25, -0.2) is 4.99 Å². The van der Waals surface area contributed by atoms with E-state index in [0.717, 1.165) is 30.4 Å². The molecule has 1 heterocycles. The van der Waals surface area contributed by atoms with E-state index in [9.17, 15) is 0 Å². The minimum atomic E-state index is -0.161. The van der Waals surface area contributed by atoms with Crippen LogP contribution in [0.4, 0.5) is 0 Å². The molecule has 30 heavy (non-hydrogen) atoms. The fourth-order valence-corrected chi connectivity index (χ4v) is 2.72. The van der Waals surface area contributed by atoms with Crippen molar-refractivity contribution in [3.05, 3.63) is 41.0 Å². The molecule has 8 heteroatoms. The van der Waals surface area contributed by atoms with Crippen molar-refractivity contribution in [2.24, 2.45) is 10.9 Å². The van der Waals surface area contributed by atoms with Crippen LogP contribution in [0.2, 0.25) is 0 Å². The van der Waals surface area contributed by atoms with Crippen molar-refractivity contribution in [1.82, 2.24) is 20.8 Å². The summed E-state index contributed by atoms with van der Waals surface area (Å²) in [5, 5.41) is 10.6. The molecule has 1 saturated carbocycles. The van der Waals surface area contributed by atoms with Crippen LogP contribution in [0.1, 0.15) is 63.4 Å². The van der Waals surface area contributed by atoms with Crippen molar-refractivity contribution in [2.45, 2.75) is 66.0 Å². The van der Waals surface area contributed by atoms with Gasteiger partial charge in [0.05, 0.1) is 19.7 Å². The maximum Gasteiger partial charge on any atom is 0.232 e. The Morgan fingerprint density at radius 2 is 2.03 bits per heavy atom. The van der Waals surface area contributed by atoms with Gasteiger partial charge in [0.15, 0.2) is 11.8 Å². The molecule has 7 nitrogen and oxygen atoms in total. The SMILES string of the molecule is CCNC(=NCc1ccc(C)cc1OCC1CC1)NCc1noc(C(C)(C)C)n1.I. The molecular weight excluding hydrogens is 493 g/mol. The standard InChI is InChI=1S/C22H33N5O2.HI/c1-6-23-21(25-13-19-26-20(29-27-19)22(3,4)5)24-12-17-10-7-15(2)11-18(17)28-14-16-8-9-16;/h7,10-11,16H,6,8-9,12-14H2,1-5H3,(H2,23,24,25);1H. The molecule has 166 valence electrons. The zero-order valence-corrected chi connectivity index (χ0v) is 20.9. The molecule has 1 aromatic heterocycles. The lowest BCUT2D eigenvalue weighted by molar-refractivity contribution is 0.296. The minimum Gasteiger partial charge on any atom is -0.493 e. The summed E-state index contributed by atoms with van der Waals surface area (Å²) in [7, 11) is 0. The third-order valence-corrected chi connectivity index (χ3v) is 4.67. The van der Waals surface area contributed by atoms with Gasteiger partial charge in [0.2, 0.25) is 5.89 Å². The van der Waals surface area contributed by atoms with Crippen molar-refractivity contribution in [3.8, 4) is 5.75 Å². The quantitative estimate of drug-likeness (QED) is 0.302. The van der Waals surface area contributed by atoms with Crippen molar-refractivity contribution in [3.63, 3.8) is 0 Å². The molecule has 0 unspecified atom stereocenters. The van der Waals surface area contributed by atoms with E-state index >= 15 is 0 Å². The second-order valence-corrected chi connectivity index (χ2v) is 8.68. The van der Waals surface area contributed by atoms with Gasteiger partial charge in [-0.3, -0.25) is 0 Å². The Bertz CT molecular complexity index is 840. The molecule has 0 aliphatic heterocycles. The van der Waals surface area contributed by atoms with Crippen LogP contribution >= 0.6 is 24.0 Å². The van der Waals surface area contributed by atoms with Crippen molar-refractivity contribution in [2.75, 3.05) is 13.2 Å². The summed E-state index contributed by atoms with van der Waals surface area (Å²) in [6.07, 6.45) is 2.56. The van der Waals surface area contributed by atoms with Gasteiger partial charge < -0.3 is 19.9 Å². The predicted molar refractivity (Wildman–Crippen MR) is 129 cm³/mol. The molecule has 2 aromatic rings. The summed E-state index contributed by atoms with van der Waals surface area (Å²) < 4.78 is 11.4. The molecule has 0 saturated heterocycles. The fourth-order valence-electron chi connectivity index (χ4n) is 2.72. The molecule has 0 spiro atoms. The van der Waals surface area contributed by atoms with Crippen LogP contribution in [0, 0.1) is 12.8 Å². The lowest BCUT2D eigenvalue weighted by atomic mass is 9.97. The molecule has 2 N–H and O–H groups in total. The molecule has 1 aliphatic carbocycles. The number of aliphatic imine (C=N–C) groups is 1. The average Bonchev–Trinajstić information content (AvgIpc) is 3.37. The van der Waals surface area contributed by atoms with Gasteiger partial charge in [-0.05, 0) is 44.2 Å². The number of aromatic nitrogens is 2. The molecular formula is C22H34IN5O2. The largest absolute Gasteiger partial charge is 0.493 e. The maximum absolute atomic E-state index is 6.06. The molecule has 1 aromatic carbocycles. The number of hydrogen-bond donors (Lipinski definition) is 2. The molecule has 0 bridgehead atoms. The Morgan fingerprint density at radius 3 is 2.67 bits per heavy atom. The number of halogens is 1. The molecule has 0 radical (unpaired) electrons. The first-order chi connectivity index (χ1) is 13.8. The second kappa shape index (κ2) is 11.0. The normalized spacial score (nSPS) is 14.2. The third kappa shape index (κ3) is 7.45. The number of hydrogen-bond acceptors (Lipinski definition) is 5. The van der Waals surface area contributed by atoms with E-state index in [-0.39, 0.29) is 29.4 Å². The van der Waals surface area contributed by atoms with Gasteiger partial charge in [0.1, 0.15) is 5.75 Å².